The van der Waals surface area contributed by atoms with Crippen LogP contribution in [-0.2, 0) is 10.2 Å². The fourth-order valence-electron chi connectivity index (χ4n) is 3.55. The number of hydrogen-bond acceptors (Lipinski definition) is 3. The Bertz CT molecular complexity index is 1070. The highest BCUT2D eigenvalue weighted by Crippen LogP contribution is 2.49. The van der Waals surface area contributed by atoms with Crippen molar-refractivity contribution < 1.29 is 14.3 Å². The van der Waals surface area contributed by atoms with Crippen molar-refractivity contribution in [3.05, 3.63) is 89.5 Å². The number of anilines is 2. The van der Waals surface area contributed by atoms with Gasteiger partial charge in [0.2, 0.25) is 5.91 Å². The highest BCUT2D eigenvalue weighted by atomic mass is 16.5. The van der Waals surface area contributed by atoms with Crippen LogP contribution in [0.25, 0.3) is 0 Å². The SMILES string of the molecule is COc1ccc(NC(=O)c2ccc(NC(=O)C3(c4cccc(C)c4)CC3)cc2)cc1. The van der Waals surface area contributed by atoms with Crippen LogP contribution in [0.2, 0.25) is 0 Å². The van der Waals surface area contributed by atoms with Crippen LogP contribution in [0.3, 0.4) is 0 Å². The van der Waals surface area contributed by atoms with Crippen LogP contribution in [0.1, 0.15) is 34.3 Å². The lowest BCUT2D eigenvalue weighted by Gasteiger charge is -2.16. The first kappa shape index (κ1) is 19.7. The molecule has 0 bridgehead atoms. The maximum atomic E-state index is 12.9. The molecular formula is C25H24N2O3. The van der Waals surface area contributed by atoms with E-state index in [9.17, 15) is 9.59 Å². The molecule has 1 aliphatic carbocycles. The fourth-order valence-corrected chi connectivity index (χ4v) is 3.55. The van der Waals surface area contributed by atoms with E-state index in [1.807, 2.05) is 25.1 Å². The molecule has 1 saturated carbocycles. The lowest BCUT2D eigenvalue weighted by molar-refractivity contribution is -0.118. The number of ether oxygens (including phenoxy) is 1. The molecule has 0 aliphatic heterocycles. The third-order valence-electron chi connectivity index (χ3n) is 5.51. The molecule has 2 N–H and O–H groups in total. The summed E-state index contributed by atoms with van der Waals surface area (Å²) in [5, 5.41) is 5.86. The van der Waals surface area contributed by atoms with Crippen LogP contribution in [-0.4, -0.2) is 18.9 Å². The van der Waals surface area contributed by atoms with Gasteiger partial charge in [-0.3, -0.25) is 9.59 Å². The summed E-state index contributed by atoms with van der Waals surface area (Å²) in [7, 11) is 1.60. The first-order valence-electron chi connectivity index (χ1n) is 9.94. The van der Waals surface area contributed by atoms with Crippen molar-refractivity contribution in [2.24, 2.45) is 0 Å². The minimum atomic E-state index is -0.434. The highest BCUT2D eigenvalue weighted by Gasteiger charge is 2.51. The molecule has 3 aromatic carbocycles. The number of nitrogens with one attached hydrogen (secondary N) is 2. The summed E-state index contributed by atoms with van der Waals surface area (Å²) in [4.78, 5) is 25.4. The number of hydrogen-bond donors (Lipinski definition) is 2. The molecule has 0 atom stereocenters. The van der Waals surface area contributed by atoms with E-state index in [2.05, 4.69) is 16.7 Å². The summed E-state index contributed by atoms with van der Waals surface area (Å²) in [6, 6.07) is 22.2. The van der Waals surface area contributed by atoms with E-state index in [1.54, 1.807) is 55.6 Å². The lowest BCUT2D eigenvalue weighted by atomic mass is 9.93. The molecule has 0 radical (unpaired) electrons. The second kappa shape index (κ2) is 8.03. The molecule has 0 saturated heterocycles. The second-order valence-electron chi connectivity index (χ2n) is 7.67. The number of carbonyl (C=O) groups is 2. The van der Waals surface area contributed by atoms with E-state index in [4.69, 9.17) is 4.74 Å². The third-order valence-corrected chi connectivity index (χ3v) is 5.51. The van der Waals surface area contributed by atoms with Crippen molar-refractivity contribution >= 4 is 23.2 Å². The zero-order chi connectivity index (χ0) is 21.1. The largest absolute Gasteiger partial charge is 0.497 e. The molecule has 2 amide bonds. The second-order valence-corrected chi connectivity index (χ2v) is 7.67. The van der Waals surface area contributed by atoms with Gasteiger partial charge in [0.1, 0.15) is 5.75 Å². The molecule has 0 aromatic heterocycles. The fraction of sp³-hybridized carbons (Fsp3) is 0.200. The van der Waals surface area contributed by atoms with Crippen LogP contribution < -0.4 is 15.4 Å². The topological polar surface area (TPSA) is 67.4 Å². The molecule has 1 aliphatic rings. The average Bonchev–Trinajstić information content (AvgIpc) is 3.57. The Morgan fingerprint density at radius 2 is 1.50 bits per heavy atom. The summed E-state index contributed by atoms with van der Waals surface area (Å²) in [6.07, 6.45) is 1.70. The Kier molecular flexibility index (Phi) is 5.27. The summed E-state index contributed by atoms with van der Waals surface area (Å²) in [5.41, 5.74) is 3.67. The van der Waals surface area contributed by atoms with Crippen molar-refractivity contribution in [2.75, 3.05) is 17.7 Å². The third kappa shape index (κ3) is 4.06. The smallest absolute Gasteiger partial charge is 0.255 e. The van der Waals surface area contributed by atoms with Crippen LogP contribution in [0.5, 0.6) is 5.75 Å². The van der Waals surface area contributed by atoms with Crippen molar-refractivity contribution in [3.8, 4) is 5.75 Å². The minimum absolute atomic E-state index is 0.00327. The lowest BCUT2D eigenvalue weighted by Crippen LogP contribution is -2.27. The van der Waals surface area contributed by atoms with Gasteiger partial charge in [0, 0.05) is 16.9 Å². The van der Waals surface area contributed by atoms with Gasteiger partial charge in [-0.15, -0.1) is 0 Å². The van der Waals surface area contributed by atoms with Crippen LogP contribution in [0.4, 0.5) is 11.4 Å². The normalized spacial score (nSPS) is 13.9. The van der Waals surface area contributed by atoms with Crippen molar-refractivity contribution in [1.82, 2.24) is 0 Å². The van der Waals surface area contributed by atoms with Gasteiger partial charge in [-0.05, 0) is 73.9 Å². The molecule has 0 heterocycles. The predicted octanol–water partition coefficient (Wildman–Crippen LogP) is 4.93. The quantitative estimate of drug-likeness (QED) is 0.617. The predicted molar refractivity (Wildman–Crippen MR) is 118 cm³/mol. The van der Waals surface area contributed by atoms with Crippen molar-refractivity contribution in [1.29, 1.82) is 0 Å². The van der Waals surface area contributed by atoms with E-state index in [0.717, 1.165) is 29.7 Å². The summed E-state index contributed by atoms with van der Waals surface area (Å²) >= 11 is 0. The molecule has 152 valence electrons. The number of benzene rings is 3. The summed E-state index contributed by atoms with van der Waals surface area (Å²) < 4.78 is 5.12. The van der Waals surface area contributed by atoms with E-state index < -0.39 is 5.41 Å². The monoisotopic (exact) mass is 400 g/mol. The molecular weight excluding hydrogens is 376 g/mol. The zero-order valence-electron chi connectivity index (χ0n) is 17.1. The minimum Gasteiger partial charge on any atom is -0.497 e. The number of carbonyl (C=O) groups excluding carboxylic acids is 2. The van der Waals surface area contributed by atoms with Crippen molar-refractivity contribution in [3.63, 3.8) is 0 Å². The first-order chi connectivity index (χ1) is 14.5. The molecule has 5 nitrogen and oxygen atoms in total. The van der Waals surface area contributed by atoms with Gasteiger partial charge in [-0.25, -0.2) is 0 Å². The Hall–Kier alpha value is -3.60. The van der Waals surface area contributed by atoms with E-state index in [-0.39, 0.29) is 11.8 Å². The average molecular weight is 400 g/mol. The number of aryl methyl sites for hydroxylation is 1. The van der Waals surface area contributed by atoms with Gasteiger partial charge >= 0.3 is 0 Å². The number of amides is 2. The summed E-state index contributed by atoms with van der Waals surface area (Å²) in [5.74, 6) is 0.521. The molecule has 0 unspecified atom stereocenters. The van der Waals surface area contributed by atoms with Crippen LogP contribution in [0, 0.1) is 6.92 Å². The van der Waals surface area contributed by atoms with Gasteiger partial charge < -0.3 is 15.4 Å². The van der Waals surface area contributed by atoms with Gasteiger partial charge in [0.25, 0.3) is 5.91 Å². The molecule has 30 heavy (non-hydrogen) atoms. The van der Waals surface area contributed by atoms with Crippen LogP contribution in [0.15, 0.2) is 72.8 Å². The Balaban J connectivity index is 1.41. The standard InChI is InChI=1S/C25H24N2O3/c1-17-4-3-5-19(16-17)25(14-15-25)24(29)27-21-8-6-18(7-9-21)23(28)26-20-10-12-22(30-2)13-11-20/h3-13,16H,14-15H2,1-2H3,(H,26,28)(H,27,29). The van der Waals surface area contributed by atoms with E-state index >= 15 is 0 Å². The van der Waals surface area contributed by atoms with E-state index in [0.29, 0.717) is 16.9 Å². The number of methoxy groups -OCH3 is 1. The summed E-state index contributed by atoms with van der Waals surface area (Å²) in [6.45, 7) is 2.03. The van der Waals surface area contributed by atoms with Gasteiger partial charge in [0.15, 0.2) is 0 Å². The molecule has 5 heteroatoms. The van der Waals surface area contributed by atoms with Gasteiger partial charge in [0.05, 0.1) is 12.5 Å². The molecule has 3 aromatic rings. The van der Waals surface area contributed by atoms with E-state index in [1.165, 1.54) is 0 Å². The van der Waals surface area contributed by atoms with Crippen molar-refractivity contribution in [2.45, 2.75) is 25.2 Å². The Morgan fingerprint density at radius 3 is 2.10 bits per heavy atom. The van der Waals surface area contributed by atoms with Gasteiger partial charge in [-0.2, -0.15) is 0 Å². The number of rotatable bonds is 6. The maximum absolute atomic E-state index is 12.9. The zero-order valence-corrected chi connectivity index (χ0v) is 17.1. The Morgan fingerprint density at radius 1 is 0.867 bits per heavy atom. The molecule has 0 spiro atoms. The molecule has 1 fully saturated rings. The molecule has 4 rings (SSSR count). The van der Waals surface area contributed by atoms with Gasteiger partial charge in [-0.1, -0.05) is 29.8 Å². The van der Waals surface area contributed by atoms with Crippen LogP contribution >= 0.6 is 0 Å². The maximum Gasteiger partial charge on any atom is 0.255 e. The first-order valence-corrected chi connectivity index (χ1v) is 9.94. The Labute approximate surface area is 176 Å². The highest BCUT2D eigenvalue weighted by molar-refractivity contribution is 6.05.